The van der Waals surface area contributed by atoms with Crippen LogP contribution in [0.4, 0.5) is 5.82 Å². The number of benzene rings is 1. The summed E-state index contributed by atoms with van der Waals surface area (Å²) in [5.41, 5.74) is 13.3. The molecule has 0 aliphatic rings. The fourth-order valence-corrected chi connectivity index (χ4v) is 2.29. The SMILES string of the molecule is C[C@H](NC(=O)C(N)C/C=C/c1ccccc1)C(=O)NCc1ccc(N)nc1. The number of hydrogen-bond acceptors (Lipinski definition) is 5. The van der Waals surface area contributed by atoms with Gasteiger partial charge >= 0.3 is 0 Å². The van der Waals surface area contributed by atoms with Crippen LogP contribution >= 0.6 is 0 Å². The first-order chi connectivity index (χ1) is 13.0. The lowest BCUT2D eigenvalue weighted by atomic mass is 10.1. The Morgan fingerprint density at radius 2 is 1.89 bits per heavy atom. The Balaban J connectivity index is 1.75. The molecule has 0 saturated heterocycles. The minimum atomic E-state index is -0.721. The summed E-state index contributed by atoms with van der Waals surface area (Å²) in [7, 11) is 0. The first-order valence-electron chi connectivity index (χ1n) is 8.71. The van der Waals surface area contributed by atoms with E-state index in [1.165, 1.54) is 0 Å². The van der Waals surface area contributed by atoms with Gasteiger partial charge in [0.25, 0.3) is 0 Å². The summed E-state index contributed by atoms with van der Waals surface area (Å²) in [6, 6.07) is 11.8. The minimum Gasteiger partial charge on any atom is -0.384 e. The number of amides is 2. The fraction of sp³-hybridized carbons (Fsp3) is 0.250. The number of aromatic nitrogens is 1. The molecule has 27 heavy (non-hydrogen) atoms. The zero-order valence-corrected chi connectivity index (χ0v) is 15.3. The van der Waals surface area contributed by atoms with E-state index in [-0.39, 0.29) is 11.8 Å². The van der Waals surface area contributed by atoms with Gasteiger partial charge in [-0.1, -0.05) is 48.6 Å². The maximum atomic E-state index is 12.1. The zero-order chi connectivity index (χ0) is 19.6. The molecule has 2 atom stereocenters. The Morgan fingerprint density at radius 1 is 1.15 bits per heavy atom. The number of anilines is 1. The third kappa shape index (κ3) is 6.91. The Kier molecular flexibility index (Phi) is 7.51. The summed E-state index contributed by atoms with van der Waals surface area (Å²) in [5, 5.41) is 5.37. The van der Waals surface area contributed by atoms with Gasteiger partial charge in [0.05, 0.1) is 6.04 Å². The number of nitrogens with one attached hydrogen (secondary N) is 2. The summed E-state index contributed by atoms with van der Waals surface area (Å²) in [6.07, 6.45) is 5.72. The van der Waals surface area contributed by atoms with Crippen LogP contribution in [-0.4, -0.2) is 28.9 Å². The molecule has 7 heteroatoms. The first-order valence-corrected chi connectivity index (χ1v) is 8.71. The van der Waals surface area contributed by atoms with Crippen molar-refractivity contribution in [2.24, 2.45) is 5.73 Å². The molecule has 2 amide bonds. The standard InChI is InChI=1S/C20H25N5O2/c1-14(19(26)24-13-16-10-11-18(22)23-12-16)25-20(27)17(21)9-5-8-15-6-3-2-4-7-15/h2-8,10-12,14,17H,9,13,21H2,1H3,(H2,22,23)(H,24,26)(H,25,27)/b8-5+/t14-,17?/m0/s1. The van der Waals surface area contributed by atoms with Crippen LogP contribution < -0.4 is 22.1 Å². The fourth-order valence-electron chi connectivity index (χ4n) is 2.29. The van der Waals surface area contributed by atoms with Crippen LogP contribution in [0.1, 0.15) is 24.5 Å². The maximum Gasteiger partial charge on any atom is 0.242 e. The molecule has 0 radical (unpaired) electrons. The van der Waals surface area contributed by atoms with Crippen molar-refractivity contribution in [3.05, 3.63) is 65.9 Å². The van der Waals surface area contributed by atoms with Gasteiger partial charge < -0.3 is 22.1 Å². The number of nitrogens with two attached hydrogens (primary N) is 2. The van der Waals surface area contributed by atoms with Gasteiger partial charge in [-0.25, -0.2) is 4.98 Å². The molecule has 1 unspecified atom stereocenters. The van der Waals surface area contributed by atoms with Gasteiger partial charge in [0.2, 0.25) is 11.8 Å². The third-order valence-corrected chi connectivity index (χ3v) is 3.90. The van der Waals surface area contributed by atoms with Crippen molar-refractivity contribution < 1.29 is 9.59 Å². The molecular weight excluding hydrogens is 342 g/mol. The van der Waals surface area contributed by atoms with Gasteiger partial charge in [-0.2, -0.15) is 0 Å². The molecule has 142 valence electrons. The molecule has 0 saturated carbocycles. The van der Waals surface area contributed by atoms with Crippen molar-refractivity contribution in [2.75, 3.05) is 5.73 Å². The summed E-state index contributed by atoms with van der Waals surface area (Å²) >= 11 is 0. The average molecular weight is 367 g/mol. The number of rotatable bonds is 8. The highest BCUT2D eigenvalue weighted by molar-refractivity contribution is 5.89. The molecule has 0 aliphatic carbocycles. The molecule has 0 bridgehead atoms. The summed E-state index contributed by atoms with van der Waals surface area (Å²) in [4.78, 5) is 28.2. The van der Waals surface area contributed by atoms with Crippen molar-refractivity contribution >= 4 is 23.7 Å². The van der Waals surface area contributed by atoms with E-state index in [4.69, 9.17) is 11.5 Å². The molecule has 2 rings (SSSR count). The topological polar surface area (TPSA) is 123 Å². The summed E-state index contributed by atoms with van der Waals surface area (Å²) < 4.78 is 0. The predicted molar refractivity (Wildman–Crippen MR) is 106 cm³/mol. The number of hydrogen-bond donors (Lipinski definition) is 4. The van der Waals surface area contributed by atoms with Crippen LogP contribution in [0.5, 0.6) is 0 Å². The lowest BCUT2D eigenvalue weighted by molar-refractivity contribution is -0.129. The van der Waals surface area contributed by atoms with E-state index in [2.05, 4.69) is 15.6 Å². The van der Waals surface area contributed by atoms with E-state index < -0.39 is 12.1 Å². The van der Waals surface area contributed by atoms with Gasteiger partial charge in [-0.3, -0.25) is 9.59 Å². The zero-order valence-electron chi connectivity index (χ0n) is 15.3. The molecule has 0 fully saturated rings. The van der Waals surface area contributed by atoms with Crippen LogP contribution in [0, 0.1) is 0 Å². The summed E-state index contributed by atoms with van der Waals surface area (Å²) in [5.74, 6) is -0.252. The van der Waals surface area contributed by atoms with Crippen LogP contribution in [0.2, 0.25) is 0 Å². The van der Waals surface area contributed by atoms with Crippen LogP contribution in [0.15, 0.2) is 54.7 Å². The Morgan fingerprint density at radius 3 is 2.56 bits per heavy atom. The smallest absolute Gasteiger partial charge is 0.242 e. The van der Waals surface area contributed by atoms with E-state index in [9.17, 15) is 9.59 Å². The lowest BCUT2D eigenvalue weighted by Gasteiger charge is -2.16. The van der Waals surface area contributed by atoms with E-state index in [1.54, 1.807) is 25.3 Å². The van der Waals surface area contributed by atoms with Gasteiger partial charge in [0.1, 0.15) is 11.9 Å². The largest absolute Gasteiger partial charge is 0.384 e. The van der Waals surface area contributed by atoms with Crippen molar-refractivity contribution in [1.82, 2.24) is 15.6 Å². The second kappa shape index (κ2) is 10.1. The first kappa shape index (κ1) is 20.1. The molecule has 2 aromatic rings. The van der Waals surface area contributed by atoms with Crippen LogP contribution in [0.25, 0.3) is 6.08 Å². The molecular formula is C20H25N5O2. The van der Waals surface area contributed by atoms with Crippen molar-refractivity contribution in [2.45, 2.75) is 32.0 Å². The Labute approximate surface area is 158 Å². The number of pyridine rings is 1. The van der Waals surface area contributed by atoms with Gasteiger partial charge in [-0.05, 0) is 30.5 Å². The molecule has 0 spiro atoms. The Hall–Kier alpha value is -3.19. The van der Waals surface area contributed by atoms with Crippen LogP contribution in [0.3, 0.4) is 0 Å². The number of carbonyl (C=O) groups is 2. The monoisotopic (exact) mass is 367 g/mol. The highest BCUT2D eigenvalue weighted by Crippen LogP contribution is 2.03. The van der Waals surface area contributed by atoms with E-state index >= 15 is 0 Å². The normalized spacial score (nSPS) is 13.1. The molecule has 7 nitrogen and oxygen atoms in total. The summed E-state index contributed by atoms with van der Waals surface area (Å²) in [6.45, 7) is 1.92. The maximum absolute atomic E-state index is 12.1. The molecule has 1 aromatic heterocycles. The van der Waals surface area contributed by atoms with Crippen molar-refractivity contribution in [3.63, 3.8) is 0 Å². The van der Waals surface area contributed by atoms with Crippen molar-refractivity contribution in [3.8, 4) is 0 Å². The number of nitrogens with zero attached hydrogens (tertiary/aromatic N) is 1. The number of nitrogen functional groups attached to an aromatic ring is 1. The average Bonchev–Trinajstić information content (AvgIpc) is 2.67. The predicted octanol–water partition coefficient (Wildman–Crippen LogP) is 1.22. The molecule has 6 N–H and O–H groups in total. The second-order valence-corrected chi connectivity index (χ2v) is 6.19. The third-order valence-electron chi connectivity index (χ3n) is 3.90. The van der Waals surface area contributed by atoms with E-state index in [1.807, 2.05) is 42.5 Å². The minimum absolute atomic E-state index is 0.299. The van der Waals surface area contributed by atoms with Gasteiger partial charge in [-0.15, -0.1) is 0 Å². The number of carbonyl (C=O) groups excluding carboxylic acids is 2. The molecule has 0 aliphatic heterocycles. The van der Waals surface area contributed by atoms with E-state index in [0.717, 1.165) is 11.1 Å². The van der Waals surface area contributed by atoms with Crippen LogP contribution in [-0.2, 0) is 16.1 Å². The van der Waals surface area contributed by atoms with Gasteiger partial charge in [0, 0.05) is 12.7 Å². The Bertz CT molecular complexity index is 775. The molecule has 1 aromatic carbocycles. The van der Waals surface area contributed by atoms with Gasteiger partial charge in [0.15, 0.2) is 0 Å². The molecule has 1 heterocycles. The lowest BCUT2D eigenvalue weighted by Crippen LogP contribution is -2.50. The van der Waals surface area contributed by atoms with E-state index in [0.29, 0.717) is 18.8 Å². The second-order valence-electron chi connectivity index (χ2n) is 6.19. The highest BCUT2D eigenvalue weighted by Gasteiger charge is 2.19. The highest BCUT2D eigenvalue weighted by atomic mass is 16.2. The quantitative estimate of drug-likeness (QED) is 0.558. The van der Waals surface area contributed by atoms with Crippen molar-refractivity contribution in [1.29, 1.82) is 0 Å².